The predicted molar refractivity (Wildman–Crippen MR) is 65.7 cm³/mol. The van der Waals surface area contributed by atoms with Crippen LogP contribution in [0.5, 0.6) is 0 Å². The van der Waals surface area contributed by atoms with Crippen molar-refractivity contribution >= 4 is 5.65 Å². The van der Waals surface area contributed by atoms with E-state index in [1.165, 1.54) is 5.56 Å². The van der Waals surface area contributed by atoms with Gasteiger partial charge >= 0.3 is 0 Å². The van der Waals surface area contributed by atoms with Crippen LogP contribution in [0, 0.1) is 13.8 Å². The molecule has 0 radical (unpaired) electrons. The molecular formula is C13H12N4. The molecule has 0 aliphatic heterocycles. The second kappa shape index (κ2) is 3.66. The van der Waals surface area contributed by atoms with Crippen LogP contribution >= 0.6 is 0 Å². The first-order valence-corrected chi connectivity index (χ1v) is 5.49. The normalized spacial score (nSPS) is 10.9. The Balaban J connectivity index is 2.14. The van der Waals surface area contributed by atoms with Crippen molar-refractivity contribution in [1.29, 1.82) is 0 Å². The summed E-state index contributed by atoms with van der Waals surface area (Å²) in [5.41, 5.74) is 4.23. The average molecular weight is 224 g/mol. The molecule has 0 aliphatic carbocycles. The lowest BCUT2D eigenvalue weighted by atomic mass is 10.1. The van der Waals surface area contributed by atoms with Gasteiger partial charge in [0.05, 0.1) is 6.20 Å². The molecule has 0 amide bonds. The van der Waals surface area contributed by atoms with Crippen molar-refractivity contribution in [2.45, 2.75) is 13.8 Å². The van der Waals surface area contributed by atoms with Crippen molar-refractivity contribution < 1.29 is 0 Å². The summed E-state index contributed by atoms with van der Waals surface area (Å²) in [5, 5.41) is 12.4. The Hall–Kier alpha value is -2.23. The van der Waals surface area contributed by atoms with Crippen molar-refractivity contribution in [2.75, 3.05) is 0 Å². The number of benzene rings is 1. The minimum absolute atomic E-state index is 0.778. The largest absolute Gasteiger partial charge is 0.198 e. The highest BCUT2D eigenvalue weighted by molar-refractivity contribution is 5.66. The first-order chi connectivity index (χ1) is 8.24. The van der Waals surface area contributed by atoms with E-state index in [9.17, 15) is 0 Å². The van der Waals surface area contributed by atoms with Crippen LogP contribution in [0.4, 0.5) is 0 Å². The third-order valence-electron chi connectivity index (χ3n) is 2.80. The zero-order valence-electron chi connectivity index (χ0n) is 9.75. The first-order valence-electron chi connectivity index (χ1n) is 5.49. The Morgan fingerprint density at radius 1 is 0.941 bits per heavy atom. The van der Waals surface area contributed by atoms with Crippen molar-refractivity contribution in [3.8, 4) is 11.1 Å². The lowest BCUT2D eigenvalue weighted by Gasteiger charge is -2.02. The molecule has 0 atom stereocenters. The maximum Gasteiger partial charge on any atom is 0.178 e. The lowest BCUT2D eigenvalue weighted by molar-refractivity contribution is 0.876. The van der Waals surface area contributed by atoms with Gasteiger partial charge in [0.1, 0.15) is 0 Å². The van der Waals surface area contributed by atoms with Crippen LogP contribution in [-0.2, 0) is 0 Å². The molecular weight excluding hydrogens is 212 g/mol. The highest BCUT2D eigenvalue weighted by Crippen LogP contribution is 2.19. The highest BCUT2D eigenvalue weighted by atomic mass is 15.4. The summed E-state index contributed by atoms with van der Waals surface area (Å²) in [4.78, 5) is 0. The van der Waals surface area contributed by atoms with Crippen molar-refractivity contribution in [2.24, 2.45) is 0 Å². The van der Waals surface area contributed by atoms with Gasteiger partial charge in [0.25, 0.3) is 0 Å². The van der Waals surface area contributed by atoms with Gasteiger partial charge < -0.3 is 0 Å². The van der Waals surface area contributed by atoms with Crippen LogP contribution in [0.15, 0.2) is 36.5 Å². The minimum Gasteiger partial charge on any atom is -0.198 e. The van der Waals surface area contributed by atoms with E-state index in [2.05, 4.69) is 46.5 Å². The summed E-state index contributed by atoms with van der Waals surface area (Å²) in [6, 6.07) is 10.4. The van der Waals surface area contributed by atoms with Crippen LogP contribution in [0.25, 0.3) is 16.8 Å². The van der Waals surface area contributed by atoms with Gasteiger partial charge in [-0.05, 0) is 25.5 Å². The van der Waals surface area contributed by atoms with E-state index >= 15 is 0 Å². The molecule has 3 aromatic rings. The van der Waals surface area contributed by atoms with Crippen LogP contribution in [0.2, 0.25) is 0 Å². The molecule has 4 nitrogen and oxygen atoms in total. The molecule has 17 heavy (non-hydrogen) atoms. The monoisotopic (exact) mass is 224 g/mol. The summed E-state index contributed by atoms with van der Waals surface area (Å²) < 4.78 is 1.73. The molecule has 0 N–H and O–H groups in total. The Labute approximate surface area is 98.9 Å². The number of nitrogens with zero attached hydrogens (tertiary/aromatic N) is 4. The first kappa shape index (κ1) is 9.96. The number of fused-ring (bicyclic) bond motifs is 1. The van der Waals surface area contributed by atoms with Crippen molar-refractivity contribution in [3.05, 3.63) is 47.9 Å². The molecule has 84 valence electrons. The maximum absolute atomic E-state index is 4.33. The summed E-state index contributed by atoms with van der Waals surface area (Å²) in [5.74, 6) is 0.801. The van der Waals surface area contributed by atoms with E-state index in [1.807, 2.05) is 19.2 Å². The Morgan fingerprint density at radius 3 is 2.47 bits per heavy atom. The molecule has 3 rings (SSSR count). The third-order valence-corrected chi connectivity index (χ3v) is 2.80. The zero-order valence-corrected chi connectivity index (χ0v) is 9.75. The Morgan fingerprint density at radius 2 is 1.71 bits per heavy atom. The predicted octanol–water partition coefficient (Wildman–Crippen LogP) is 2.41. The Bertz CT molecular complexity index is 667. The van der Waals surface area contributed by atoms with Crippen LogP contribution in [-0.4, -0.2) is 19.8 Å². The minimum atomic E-state index is 0.778. The molecule has 0 fully saturated rings. The van der Waals surface area contributed by atoms with Gasteiger partial charge in [-0.2, -0.15) is 9.61 Å². The molecule has 0 bridgehead atoms. The van der Waals surface area contributed by atoms with E-state index in [0.29, 0.717) is 0 Å². The van der Waals surface area contributed by atoms with E-state index in [0.717, 1.165) is 22.6 Å². The fourth-order valence-corrected chi connectivity index (χ4v) is 1.81. The van der Waals surface area contributed by atoms with Gasteiger partial charge in [0.2, 0.25) is 0 Å². The standard InChI is InChI=1S/C13H12N4/c1-9-3-5-11(6-4-9)12-7-13-16-15-10(2)17(13)14-8-12/h3-8H,1-2H3. The Kier molecular flexibility index (Phi) is 2.14. The molecule has 0 saturated heterocycles. The number of aryl methyl sites for hydroxylation is 2. The highest BCUT2D eigenvalue weighted by Gasteiger charge is 2.04. The van der Waals surface area contributed by atoms with Gasteiger partial charge in [-0.25, -0.2) is 0 Å². The topological polar surface area (TPSA) is 43.1 Å². The second-order valence-electron chi connectivity index (χ2n) is 4.13. The van der Waals surface area contributed by atoms with E-state index in [1.54, 1.807) is 4.52 Å². The van der Waals surface area contributed by atoms with Crippen molar-refractivity contribution in [1.82, 2.24) is 19.8 Å². The molecule has 2 heterocycles. The second-order valence-corrected chi connectivity index (χ2v) is 4.13. The van der Waals surface area contributed by atoms with Crippen molar-refractivity contribution in [3.63, 3.8) is 0 Å². The molecule has 0 unspecified atom stereocenters. The fourth-order valence-electron chi connectivity index (χ4n) is 1.81. The van der Waals surface area contributed by atoms with Crippen LogP contribution in [0.3, 0.4) is 0 Å². The van der Waals surface area contributed by atoms with E-state index < -0.39 is 0 Å². The van der Waals surface area contributed by atoms with Gasteiger partial charge in [-0.3, -0.25) is 0 Å². The number of hydrogen-bond donors (Lipinski definition) is 0. The SMILES string of the molecule is Cc1ccc(-c2cnn3c(C)nnc3c2)cc1. The maximum atomic E-state index is 4.33. The number of rotatable bonds is 1. The van der Waals surface area contributed by atoms with Gasteiger partial charge in [-0.1, -0.05) is 29.8 Å². The summed E-state index contributed by atoms with van der Waals surface area (Å²) in [7, 11) is 0. The van der Waals surface area contributed by atoms with E-state index in [-0.39, 0.29) is 0 Å². The lowest BCUT2D eigenvalue weighted by Crippen LogP contribution is -1.94. The molecule has 0 saturated carbocycles. The molecule has 4 heteroatoms. The van der Waals surface area contributed by atoms with Gasteiger partial charge in [0.15, 0.2) is 11.5 Å². The molecule has 0 aliphatic rings. The van der Waals surface area contributed by atoms with Crippen LogP contribution < -0.4 is 0 Å². The zero-order chi connectivity index (χ0) is 11.8. The average Bonchev–Trinajstić information content (AvgIpc) is 2.72. The smallest absolute Gasteiger partial charge is 0.178 e. The molecule has 2 aromatic heterocycles. The molecule has 0 spiro atoms. The third kappa shape index (κ3) is 1.67. The quantitative estimate of drug-likeness (QED) is 0.637. The van der Waals surface area contributed by atoms with E-state index in [4.69, 9.17) is 0 Å². The molecule has 1 aromatic carbocycles. The van der Waals surface area contributed by atoms with Gasteiger partial charge in [0, 0.05) is 5.56 Å². The van der Waals surface area contributed by atoms with Crippen LogP contribution in [0.1, 0.15) is 11.4 Å². The number of hydrogen-bond acceptors (Lipinski definition) is 3. The summed E-state index contributed by atoms with van der Waals surface area (Å²) >= 11 is 0. The number of aromatic nitrogens is 4. The fraction of sp³-hybridized carbons (Fsp3) is 0.154. The summed E-state index contributed by atoms with van der Waals surface area (Å²) in [6.45, 7) is 3.96. The summed E-state index contributed by atoms with van der Waals surface area (Å²) in [6.07, 6.45) is 1.84. The van der Waals surface area contributed by atoms with Gasteiger partial charge in [-0.15, -0.1) is 10.2 Å².